The van der Waals surface area contributed by atoms with Crippen molar-refractivity contribution in [3.8, 4) is 5.75 Å². The van der Waals surface area contributed by atoms with E-state index < -0.39 is 0 Å². The van der Waals surface area contributed by atoms with E-state index in [9.17, 15) is 9.50 Å². The maximum Gasteiger partial charge on any atom is 0.123 e. The first kappa shape index (κ1) is 14.5. The van der Waals surface area contributed by atoms with E-state index in [1.54, 1.807) is 24.3 Å². The third kappa shape index (κ3) is 3.58. The quantitative estimate of drug-likeness (QED) is 0.870. The number of benzene rings is 2. The first-order valence-corrected chi connectivity index (χ1v) is 6.87. The van der Waals surface area contributed by atoms with E-state index in [0.717, 1.165) is 23.2 Å². The first-order valence-electron chi connectivity index (χ1n) is 6.87. The van der Waals surface area contributed by atoms with Gasteiger partial charge in [-0.15, -0.1) is 0 Å². The van der Waals surface area contributed by atoms with Crippen LogP contribution in [-0.4, -0.2) is 11.7 Å². The summed E-state index contributed by atoms with van der Waals surface area (Å²) >= 11 is 0. The van der Waals surface area contributed by atoms with Crippen molar-refractivity contribution in [3.05, 3.63) is 65.0 Å². The Morgan fingerprint density at radius 2 is 2.00 bits per heavy atom. The van der Waals surface area contributed by atoms with Gasteiger partial charge < -0.3 is 10.4 Å². The van der Waals surface area contributed by atoms with E-state index in [4.69, 9.17) is 0 Å². The first-order chi connectivity index (χ1) is 9.60. The molecule has 2 aromatic carbocycles. The maximum absolute atomic E-state index is 13.5. The summed E-state index contributed by atoms with van der Waals surface area (Å²) in [6.07, 6.45) is 0.715. The molecule has 0 fully saturated rings. The third-order valence-electron chi connectivity index (χ3n) is 3.42. The summed E-state index contributed by atoms with van der Waals surface area (Å²) in [7, 11) is 0. The minimum absolute atomic E-state index is 0.0394. The molecule has 0 saturated heterocycles. The van der Waals surface area contributed by atoms with E-state index in [1.165, 1.54) is 6.07 Å². The Kier molecular flexibility index (Phi) is 4.74. The minimum Gasteiger partial charge on any atom is -0.508 e. The van der Waals surface area contributed by atoms with Gasteiger partial charge in [-0.1, -0.05) is 25.1 Å². The van der Waals surface area contributed by atoms with E-state index in [1.807, 2.05) is 26.0 Å². The van der Waals surface area contributed by atoms with Gasteiger partial charge in [-0.3, -0.25) is 0 Å². The molecule has 0 aliphatic heterocycles. The van der Waals surface area contributed by atoms with Crippen LogP contribution in [0.1, 0.15) is 29.7 Å². The smallest absolute Gasteiger partial charge is 0.123 e. The number of phenols is 1. The summed E-state index contributed by atoms with van der Waals surface area (Å²) < 4.78 is 13.5. The molecule has 2 nitrogen and oxygen atoms in total. The van der Waals surface area contributed by atoms with Crippen molar-refractivity contribution < 1.29 is 9.50 Å². The number of nitrogens with one attached hydrogen (secondary N) is 1. The van der Waals surface area contributed by atoms with Crippen LogP contribution in [0, 0.1) is 12.7 Å². The second kappa shape index (κ2) is 6.53. The Hall–Kier alpha value is -1.87. The van der Waals surface area contributed by atoms with Crippen molar-refractivity contribution in [2.75, 3.05) is 6.54 Å². The highest BCUT2D eigenvalue weighted by Crippen LogP contribution is 2.24. The van der Waals surface area contributed by atoms with Gasteiger partial charge in [0.25, 0.3) is 0 Å². The van der Waals surface area contributed by atoms with Crippen molar-refractivity contribution in [2.24, 2.45) is 0 Å². The number of aryl methyl sites for hydroxylation is 1. The van der Waals surface area contributed by atoms with Crippen LogP contribution in [0.2, 0.25) is 0 Å². The van der Waals surface area contributed by atoms with Gasteiger partial charge >= 0.3 is 0 Å². The fraction of sp³-hybridized carbons (Fsp3) is 0.294. The van der Waals surface area contributed by atoms with E-state index in [0.29, 0.717) is 6.42 Å². The van der Waals surface area contributed by atoms with Crippen molar-refractivity contribution >= 4 is 0 Å². The van der Waals surface area contributed by atoms with Crippen LogP contribution in [0.5, 0.6) is 5.75 Å². The molecule has 0 bridgehead atoms. The number of likely N-dealkylation sites (N-methyl/N-ethyl adjacent to an activating group) is 1. The molecule has 0 aliphatic rings. The monoisotopic (exact) mass is 273 g/mol. The third-order valence-corrected chi connectivity index (χ3v) is 3.42. The van der Waals surface area contributed by atoms with Gasteiger partial charge in [0.2, 0.25) is 0 Å². The number of halogens is 1. The molecule has 0 amide bonds. The highest BCUT2D eigenvalue weighted by Gasteiger charge is 2.14. The fourth-order valence-corrected chi connectivity index (χ4v) is 2.44. The molecule has 20 heavy (non-hydrogen) atoms. The normalized spacial score (nSPS) is 12.3. The summed E-state index contributed by atoms with van der Waals surface area (Å²) in [6.45, 7) is 4.82. The standard InChI is InChI=1S/C17H20FNO/c1-3-19-17(10-13-5-4-6-15(20)9-13)16-11-14(18)8-7-12(16)2/h4-9,11,17,19-20H,3,10H2,1-2H3. The zero-order valence-electron chi connectivity index (χ0n) is 11.9. The van der Waals surface area contributed by atoms with Crippen LogP contribution in [0.25, 0.3) is 0 Å². The fourth-order valence-electron chi connectivity index (χ4n) is 2.44. The molecule has 0 aromatic heterocycles. The molecule has 1 atom stereocenters. The molecule has 2 N–H and O–H groups in total. The average Bonchev–Trinajstić information content (AvgIpc) is 2.41. The van der Waals surface area contributed by atoms with Crippen LogP contribution in [0.4, 0.5) is 4.39 Å². The summed E-state index contributed by atoms with van der Waals surface area (Å²) in [4.78, 5) is 0. The summed E-state index contributed by atoms with van der Waals surface area (Å²) in [6, 6.07) is 12.1. The molecule has 2 rings (SSSR count). The van der Waals surface area contributed by atoms with E-state index >= 15 is 0 Å². The lowest BCUT2D eigenvalue weighted by atomic mass is 9.95. The van der Waals surface area contributed by atoms with Gasteiger partial charge in [-0.2, -0.15) is 0 Å². The van der Waals surface area contributed by atoms with Gasteiger partial charge in [0.05, 0.1) is 0 Å². The lowest BCUT2D eigenvalue weighted by Crippen LogP contribution is -2.23. The summed E-state index contributed by atoms with van der Waals surface area (Å²) in [5, 5.41) is 12.9. The van der Waals surface area contributed by atoms with Gasteiger partial charge in [0.1, 0.15) is 11.6 Å². The van der Waals surface area contributed by atoms with Gasteiger partial charge in [0, 0.05) is 6.04 Å². The average molecular weight is 273 g/mol. The highest BCUT2D eigenvalue weighted by atomic mass is 19.1. The van der Waals surface area contributed by atoms with Crippen LogP contribution >= 0.6 is 0 Å². The number of hydrogen-bond donors (Lipinski definition) is 2. The van der Waals surface area contributed by atoms with Crippen molar-refractivity contribution in [1.29, 1.82) is 0 Å². The van der Waals surface area contributed by atoms with E-state index in [2.05, 4.69) is 5.32 Å². The largest absolute Gasteiger partial charge is 0.508 e. The zero-order valence-corrected chi connectivity index (χ0v) is 11.9. The van der Waals surface area contributed by atoms with Crippen LogP contribution in [-0.2, 0) is 6.42 Å². The predicted octanol–water partition coefficient (Wildman–Crippen LogP) is 3.73. The van der Waals surface area contributed by atoms with Crippen molar-refractivity contribution in [1.82, 2.24) is 5.32 Å². The molecule has 0 radical (unpaired) electrons. The summed E-state index contributed by atoms with van der Waals surface area (Å²) in [5.74, 6) is 0.0399. The molecule has 0 saturated carbocycles. The molecular formula is C17H20FNO. The maximum atomic E-state index is 13.5. The van der Waals surface area contributed by atoms with Crippen molar-refractivity contribution in [2.45, 2.75) is 26.3 Å². The molecule has 3 heteroatoms. The minimum atomic E-state index is -0.218. The molecular weight excluding hydrogens is 253 g/mol. The van der Waals surface area contributed by atoms with Gasteiger partial charge in [-0.05, 0) is 60.8 Å². The lowest BCUT2D eigenvalue weighted by Gasteiger charge is -2.20. The SMILES string of the molecule is CCNC(Cc1cccc(O)c1)c1cc(F)ccc1C. The number of phenolic OH excluding ortho intramolecular Hbond substituents is 1. The van der Waals surface area contributed by atoms with Gasteiger partial charge in [0.15, 0.2) is 0 Å². The number of rotatable bonds is 5. The number of aromatic hydroxyl groups is 1. The van der Waals surface area contributed by atoms with Gasteiger partial charge in [-0.25, -0.2) is 4.39 Å². The Balaban J connectivity index is 2.29. The van der Waals surface area contributed by atoms with Crippen LogP contribution in [0.15, 0.2) is 42.5 Å². The second-order valence-corrected chi connectivity index (χ2v) is 4.99. The van der Waals surface area contributed by atoms with Crippen molar-refractivity contribution in [3.63, 3.8) is 0 Å². The Labute approximate surface area is 119 Å². The molecule has 106 valence electrons. The predicted molar refractivity (Wildman–Crippen MR) is 79.4 cm³/mol. The summed E-state index contributed by atoms with van der Waals surface area (Å²) in [5.41, 5.74) is 3.06. The molecule has 2 aromatic rings. The Morgan fingerprint density at radius 3 is 2.70 bits per heavy atom. The lowest BCUT2D eigenvalue weighted by molar-refractivity contribution is 0.473. The molecule has 1 unspecified atom stereocenters. The van der Waals surface area contributed by atoms with E-state index in [-0.39, 0.29) is 17.6 Å². The Morgan fingerprint density at radius 1 is 1.20 bits per heavy atom. The molecule has 0 heterocycles. The van der Waals surface area contributed by atoms with Crippen LogP contribution < -0.4 is 5.32 Å². The number of hydrogen-bond acceptors (Lipinski definition) is 2. The second-order valence-electron chi connectivity index (χ2n) is 4.99. The molecule has 0 spiro atoms. The highest BCUT2D eigenvalue weighted by molar-refractivity contribution is 5.33. The Bertz CT molecular complexity index is 583. The molecule has 0 aliphatic carbocycles. The zero-order chi connectivity index (χ0) is 14.5. The topological polar surface area (TPSA) is 32.3 Å². The van der Waals surface area contributed by atoms with Crippen LogP contribution in [0.3, 0.4) is 0 Å².